The fraction of sp³-hybridized carbons (Fsp3) is 0. The van der Waals surface area contributed by atoms with Crippen LogP contribution in [0.25, 0.3) is 21.8 Å². The van der Waals surface area contributed by atoms with Gasteiger partial charge in [0, 0.05) is 41.3 Å². The molecule has 0 saturated heterocycles. The van der Waals surface area contributed by atoms with Gasteiger partial charge in [-0.2, -0.15) is 0 Å². The van der Waals surface area contributed by atoms with Gasteiger partial charge in [-0.15, -0.1) is 0 Å². The molecule has 1 heterocycles. The number of para-hydroxylation sites is 2. The van der Waals surface area contributed by atoms with E-state index in [-0.39, 0.29) is 19.5 Å². The first-order chi connectivity index (χ1) is 6.45. The maximum atomic E-state index is 3.38. The number of benzene rings is 2. The predicted octanol–water partition coefficient (Wildman–Crippen LogP) is 3.32. The van der Waals surface area contributed by atoms with E-state index >= 15 is 0 Å². The molecule has 0 aliphatic carbocycles. The van der Waals surface area contributed by atoms with Crippen LogP contribution in [0.4, 0.5) is 0 Å². The van der Waals surface area contributed by atoms with Gasteiger partial charge in [-0.3, -0.25) is 0 Å². The molecule has 1 aromatic heterocycles. The molecule has 0 aliphatic rings. The summed E-state index contributed by atoms with van der Waals surface area (Å²) in [6.07, 6.45) is 0. The van der Waals surface area contributed by atoms with Gasteiger partial charge in [-0.05, 0) is 12.1 Å². The molecule has 0 saturated carbocycles. The first-order valence-corrected chi connectivity index (χ1v) is 4.40. The van der Waals surface area contributed by atoms with Gasteiger partial charge in [0.25, 0.3) is 0 Å². The third kappa shape index (κ3) is 1.27. The Labute approximate surface area is 94.9 Å². The summed E-state index contributed by atoms with van der Waals surface area (Å²) in [5, 5.41) is 2.61. The van der Waals surface area contributed by atoms with E-state index in [9.17, 15) is 0 Å². The molecule has 0 atom stereocenters. The summed E-state index contributed by atoms with van der Waals surface area (Å²) in [5.74, 6) is 0. The summed E-state index contributed by atoms with van der Waals surface area (Å²) in [5.41, 5.74) is 2.42. The molecular weight excluding hydrogens is 224 g/mol. The van der Waals surface area contributed by atoms with Gasteiger partial charge in [0.1, 0.15) is 0 Å². The smallest absolute Gasteiger partial charge is 0.0464 e. The number of aromatic nitrogens is 1. The monoisotopic (exact) mass is 231 g/mol. The largest absolute Gasteiger partial charge is 0.355 e. The van der Waals surface area contributed by atoms with E-state index in [1.807, 2.05) is 0 Å². The van der Waals surface area contributed by atoms with E-state index in [1.54, 1.807) is 0 Å². The van der Waals surface area contributed by atoms with Crippen LogP contribution < -0.4 is 0 Å². The van der Waals surface area contributed by atoms with Crippen LogP contribution in [0.3, 0.4) is 0 Å². The Hall–Kier alpha value is -1.14. The number of fused-ring (bicyclic) bond motifs is 3. The van der Waals surface area contributed by atoms with Crippen LogP contribution in [0.15, 0.2) is 48.5 Å². The zero-order chi connectivity index (χ0) is 8.67. The summed E-state index contributed by atoms with van der Waals surface area (Å²) >= 11 is 0. The van der Waals surface area contributed by atoms with Crippen molar-refractivity contribution in [2.24, 2.45) is 0 Å². The molecule has 2 aromatic carbocycles. The Balaban J connectivity index is 0.000000750. The van der Waals surface area contributed by atoms with Gasteiger partial charge in [0.2, 0.25) is 0 Å². The second-order valence-corrected chi connectivity index (χ2v) is 3.22. The molecule has 0 unspecified atom stereocenters. The standard InChI is InChI=1S/C12H9N.Zn/c1-3-7-11-9(5-1)10-6-2-4-8-12(10)13-11;/h1-8,13H;. The van der Waals surface area contributed by atoms with E-state index in [2.05, 4.69) is 53.5 Å². The molecule has 0 spiro atoms. The summed E-state index contributed by atoms with van der Waals surface area (Å²) in [4.78, 5) is 3.38. The van der Waals surface area contributed by atoms with Crippen molar-refractivity contribution in [2.75, 3.05) is 0 Å². The second-order valence-electron chi connectivity index (χ2n) is 3.22. The molecule has 0 aliphatic heterocycles. The van der Waals surface area contributed by atoms with E-state index in [1.165, 1.54) is 21.8 Å². The third-order valence-corrected chi connectivity index (χ3v) is 2.41. The number of H-pyrrole nitrogens is 1. The second kappa shape index (κ2) is 3.55. The molecule has 1 N–H and O–H groups in total. The maximum absolute atomic E-state index is 3.38. The topological polar surface area (TPSA) is 15.8 Å². The molecule has 14 heavy (non-hydrogen) atoms. The molecule has 0 bridgehead atoms. The Morgan fingerprint density at radius 1 is 0.643 bits per heavy atom. The minimum Gasteiger partial charge on any atom is -0.355 e. The minimum absolute atomic E-state index is 0. The van der Waals surface area contributed by atoms with Gasteiger partial charge < -0.3 is 4.98 Å². The predicted molar refractivity (Wildman–Crippen MR) is 55.8 cm³/mol. The van der Waals surface area contributed by atoms with Crippen molar-refractivity contribution in [3.8, 4) is 0 Å². The summed E-state index contributed by atoms with van der Waals surface area (Å²) in [6.45, 7) is 0. The van der Waals surface area contributed by atoms with Crippen LogP contribution in [0.2, 0.25) is 0 Å². The van der Waals surface area contributed by atoms with Crippen molar-refractivity contribution in [1.82, 2.24) is 4.98 Å². The van der Waals surface area contributed by atoms with E-state index in [0.29, 0.717) is 0 Å². The van der Waals surface area contributed by atoms with Crippen molar-refractivity contribution in [3.05, 3.63) is 48.5 Å². The fourth-order valence-corrected chi connectivity index (χ4v) is 1.80. The van der Waals surface area contributed by atoms with Gasteiger partial charge in [0.05, 0.1) is 0 Å². The normalized spacial score (nSPS) is 10.3. The molecule has 3 rings (SSSR count). The quantitative estimate of drug-likeness (QED) is 0.573. The van der Waals surface area contributed by atoms with Crippen LogP contribution in [0.5, 0.6) is 0 Å². The van der Waals surface area contributed by atoms with Crippen LogP contribution >= 0.6 is 0 Å². The average Bonchev–Trinajstić information content (AvgIpc) is 2.56. The average molecular weight is 233 g/mol. The zero-order valence-electron chi connectivity index (χ0n) is 7.83. The van der Waals surface area contributed by atoms with E-state index < -0.39 is 0 Å². The molecule has 0 amide bonds. The fourth-order valence-electron chi connectivity index (χ4n) is 1.80. The van der Waals surface area contributed by atoms with Crippen molar-refractivity contribution in [2.45, 2.75) is 0 Å². The van der Waals surface area contributed by atoms with Gasteiger partial charge in [-0.1, -0.05) is 36.4 Å². The van der Waals surface area contributed by atoms with Crippen LogP contribution in [-0.2, 0) is 19.5 Å². The molecule has 64 valence electrons. The molecule has 0 fully saturated rings. The van der Waals surface area contributed by atoms with Crippen LogP contribution in [0, 0.1) is 0 Å². The summed E-state index contributed by atoms with van der Waals surface area (Å²) < 4.78 is 0. The van der Waals surface area contributed by atoms with Gasteiger partial charge in [-0.25, -0.2) is 0 Å². The molecule has 1 nitrogen and oxygen atoms in total. The van der Waals surface area contributed by atoms with Crippen molar-refractivity contribution in [3.63, 3.8) is 0 Å². The van der Waals surface area contributed by atoms with E-state index in [0.717, 1.165) is 0 Å². The van der Waals surface area contributed by atoms with Crippen LogP contribution in [0.1, 0.15) is 0 Å². The molecular formula is C12H9NZn. The molecule has 3 aromatic rings. The number of aromatic amines is 1. The van der Waals surface area contributed by atoms with Crippen molar-refractivity contribution >= 4 is 21.8 Å². The summed E-state index contributed by atoms with van der Waals surface area (Å²) in [6, 6.07) is 16.8. The Bertz CT molecular complexity index is 518. The van der Waals surface area contributed by atoms with E-state index in [4.69, 9.17) is 0 Å². The third-order valence-electron chi connectivity index (χ3n) is 2.41. The Kier molecular flexibility index (Phi) is 2.39. The minimum atomic E-state index is 0. The van der Waals surface area contributed by atoms with Crippen molar-refractivity contribution in [1.29, 1.82) is 0 Å². The maximum Gasteiger partial charge on any atom is 0.0464 e. The number of hydrogen-bond donors (Lipinski definition) is 1. The number of hydrogen-bond acceptors (Lipinski definition) is 0. The van der Waals surface area contributed by atoms with Crippen molar-refractivity contribution < 1.29 is 19.5 Å². The SMILES string of the molecule is [Zn].c1ccc2c(c1)[nH]c1ccccc12. The van der Waals surface area contributed by atoms with Crippen LogP contribution in [-0.4, -0.2) is 4.98 Å². The first kappa shape index (κ1) is 9.42. The summed E-state index contributed by atoms with van der Waals surface area (Å²) in [7, 11) is 0. The Morgan fingerprint density at radius 3 is 1.57 bits per heavy atom. The first-order valence-electron chi connectivity index (χ1n) is 4.40. The zero-order valence-corrected chi connectivity index (χ0v) is 10.8. The molecule has 2 heteroatoms. The van der Waals surface area contributed by atoms with Gasteiger partial charge in [0.15, 0.2) is 0 Å². The molecule has 0 radical (unpaired) electrons. The number of nitrogens with one attached hydrogen (secondary N) is 1. The Morgan fingerprint density at radius 2 is 1.07 bits per heavy atom. The van der Waals surface area contributed by atoms with Gasteiger partial charge >= 0.3 is 0 Å². The number of rotatable bonds is 0.